The first kappa shape index (κ1) is 32.6. The Morgan fingerprint density at radius 1 is 1.05 bits per heavy atom. The molecule has 4 heterocycles. The summed E-state index contributed by atoms with van der Waals surface area (Å²) in [5, 5.41) is 6.13. The van der Waals surface area contributed by atoms with Crippen LogP contribution in [0.1, 0.15) is 77.2 Å². The Morgan fingerprint density at radius 3 is 2.50 bits per heavy atom. The van der Waals surface area contributed by atoms with Gasteiger partial charge in [0.2, 0.25) is 0 Å². The van der Waals surface area contributed by atoms with Crippen LogP contribution in [0.5, 0.6) is 0 Å². The molecule has 1 saturated heterocycles. The van der Waals surface area contributed by atoms with Crippen molar-refractivity contribution in [3.8, 4) is 17.1 Å². The van der Waals surface area contributed by atoms with Gasteiger partial charge in [0.15, 0.2) is 14.1 Å². The van der Waals surface area contributed by atoms with Crippen LogP contribution in [-0.4, -0.2) is 52.0 Å². The highest BCUT2D eigenvalue weighted by atomic mass is 32.2. The number of benzene rings is 1. The van der Waals surface area contributed by atoms with Gasteiger partial charge < -0.3 is 13.9 Å². The smallest absolute Gasteiger partial charge is 0.192 e. The zero-order valence-electron chi connectivity index (χ0n) is 27.4. The van der Waals surface area contributed by atoms with E-state index < -0.39 is 19.7 Å². The van der Waals surface area contributed by atoms with Gasteiger partial charge in [0.1, 0.15) is 6.26 Å². The zero-order chi connectivity index (χ0) is 31.5. The number of nitrogens with one attached hydrogen (secondary N) is 1. The van der Waals surface area contributed by atoms with Crippen molar-refractivity contribution >= 4 is 36.3 Å². The van der Waals surface area contributed by atoms with Gasteiger partial charge in [-0.1, -0.05) is 46.2 Å². The molecule has 2 atom stereocenters. The largest absolute Gasteiger partial charge is 0.598 e. The molecular weight excluding hydrogens is 585 g/mol. The third-order valence-corrected chi connectivity index (χ3v) is 14.2. The lowest BCUT2D eigenvalue weighted by atomic mass is 10.0. The lowest BCUT2D eigenvalue weighted by Gasteiger charge is -2.36. The predicted molar refractivity (Wildman–Crippen MR) is 185 cm³/mol. The van der Waals surface area contributed by atoms with E-state index in [9.17, 15) is 4.55 Å². The summed E-state index contributed by atoms with van der Waals surface area (Å²) >= 11 is -1.13. The van der Waals surface area contributed by atoms with Gasteiger partial charge in [0, 0.05) is 41.1 Å². The molecule has 4 aromatic rings. The predicted octanol–water partition coefficient (Wildman–Crippen LogP) is 7.72. The lowest BCUT2D eigenvalue weighted by Crippen LogP contribution is -2.40. The fraction of sp³-hybridized carbons (Fsp3) is 0.500. The summed E-state index contributed by atoms with van der Waals surface area (Å²) < 4.78 is 23.7. The van der Waals surface area contributed by atoms with E-state index >= 15 is 0 Å². The molecule has 0 spiro atoms. The van der Waals surface area contributed by atoms with Gasteiger partial charge in [-0.15, -0.1) is 4.72 Å². The summed E-state index contributed by atoms with van der Waals surface area (Å²) in [4.78, 5) is 12.6. The molecule has 3 aromatic heterocycles. The van der Waals surface area contributed by atoms with E-state index in [1.165, 1.54) is 24.9 Å². The zero-order valence-corrected chi connectivity index (χ0v) is 29.2. The van der Waals surface area contributed by atoms with E-state index in [0.717, 1.165) is 65.3 Å². The van der Waals surface area contributed by atoms with Crippen LogP contribution in [0.3, 0.4) is 0 Å². The maximum atomic E-state index is 12.1. The molecule has 8 nitrogen and oxygen atoms in total. The van der Waals surface area contributed by atoms with Crippen LogP contribution in [0.4, 0.5) is 5.69 Å². The summed E-state index contributed by atoms with van der Waals surface area (Å²) in [6.45, 7) is 16.0. The fourth-order valence-electron chi connectivity index (χ4n) is 5.53. The molecule has 1 aliphatic heterocycles. The van der Waals surface area contributed by atoms with Crippen LogP contribution in [0.15, 0.2) is 54.7 Å². The van der Waals surface area contributed by atoms with E-state index in [-0.39, 0.29) is 11.1 Å². The SMILES string of the molecule is CCC[C@H](N[S+](C)[O-])c1cccc(-c2cc(N3CCCCC3)c3cnn(-c4cccc(CO[Si](C)(C)C(C)(C)C)n4)c3c2)n1. The molecule has 1 N–H and O–H groups in total. The van der Waals surface area contributed by atoms with E-state index in [1.807, 2.05) is 35.1 Å². The summed E-state index contributed by atoms with van der Waals surface area (Å²) in [6.07, 6.45) is 9.12. The molecule has 44 heavy (non-hydrogen) atoms. The maximum Gasteiger partial charge on any atom is 0.192 e. The van der Waals surface area contributed by atoms with Crippen LogP contribution < -0.4 is 9.62 Å². The summed E-state index contributed by atoms with van der Waals surface area (Å²) in [5.41, 5.74) is 5.93. The van der Waals surface area contributed by atoms with Gasteiger partial charge in [-0.2, -0.15) is 5.10 Å². The highest BCUT2D eigenvalue weighted by Gasteiger charge is 2.37. The average Bonchev–Trinajstić information content (AvgIpc) is 3.43. The summed E-state index contributed by atoms with van der Waals surface area (Å²) in [5.74, 6) is 0.775. The number of pyridine rings is 2. The third kappa shape index (κ3) is 7.37. The molecule has 1 aliphatic rings. The van der Waals surface area contributed by atoms with Crippen LogP contribution in [0.25, 0.3) is 28.0 Å². The second kappa shape index (κ2) is 13.7. The minimum Gasteiger partial charge on any atom is -0.598 e. The van der Waals surface area contributed by atoms with Crippen LogP contribution >= 0.6 is 0 Å². The Bertz CT molecular complexity index is 1560. The van der Waals surface area contributed by atoms with Crippen molar-refractivity contribution in [2.45, 2.75) is 90.6 Å². The molecule has 0 amide bonds. The molecule has 0 saturated carbocycles. The standard InChI is InChI=1S/C34H48N6O2SSi/c1-8-14-30(38-43(5)41)29-17-13-16-28(37-29)25-21-31(39-19-10-9-11-20-39)27-23-35-40(32(27)22-25)33-18-12-15-26(36-33)24-42-44(6,7)34(2,3)4/h12-13,15-18,21-23,30,38H,8-11,14,19-20,24H2,1-7H3/t30-,43?/m0/s1. The molecule has 0 aliphatic carbocycles. The van der Waals surface area contributed by atoms with Crippen LogP contribution in [0.2, 0.25) is 18.1 Å². The molecule has 0 radical (unpaired) electrons. The van der Waals surface area contributed by atoms with Gasteiger partial charge in [-0.25, -0.2) is 9.67 Å². The van der Waals surface area contributed by atoms with Crippen molar-refractivity contribution in [1.29, 1.82) is 0 Å². The first-order valence-corrected chi connectivity index (χ1v) is 20.4. The number of nitrogens with zero attached hydrogens (tertiary/aromatic N) is 5. The molecule has 1 aromatic carbocycles. The molecule has 1 fully saturated rings. The molecule has 5 rings (SSSR count). The molecule has 236 valence electrons. The highest BCUT2D eigenvalue weighted by Crippen LogP contribution is 2.38. The number of piperidine rings is 1. The van der Waals surface area contributed by atoms with Crippen molar-refractivity contribution in [3.05, 3.63) is 66.1 Å². The number of fused-ring (bicyclic) bond motifs is 1. The average molecular weight is 633 g/mol. The van der Waals surface area contributed by atoms with E-state index in [2.05, 4.69) is 74.7 Å². The maximum absolute atomic E-state index is 12.1. The van der Waals surface area contributed by atoms with E-state index in [0.29, 0.717) is 6.61 Å². The van der Waals surface area contributed by atoms with Gasteiger partial charge in [-0.05, 0) is 80.2 Å². The minimum absolute atomic E-state index is 0.0675. The Hall–Kier alpha value is -2.76. The molecule has 10 heteroatoms. The molecule has 1 unspecified atom stereocenters. The number of hydrogen-bond acceptors (Lipinski definition) is 7. The van der Waals surface area contributed by atoms with Crippen molar-refractivity contribution in [2.24, 2.45) is 0 Å². The highest BCUT2D eigenvalue weighted by molar-refractivity contribution is 7.88. The van der Waals surface area contributed by atoms with Crippen molar-refractivity contribution in [1.82, 2.24) is 24.5 Å². The molecular formula is C34H48N6O2SSi. The molecule has 0 bridgehead atoms. The Kier molecular flexibility index (Phi) is 10.2. The Labute approximate surface area is 267 Å². The van der Waals surface area contributed by atoms with Gasteiger partial charge in [0.05, 0.1) is 41.4 Å². The first-order valence-electron chi connectivity index (χ1n) is 15.9. The van der Waals surface area contributed by atoms with Crippen molar-refractivity contribution in [3.63, 3.8) is 0 Å². The Morgan fingerprint density at radius 2 is 1.80 bits per heavy atom. The first-order chi connectivity index (χ1) is 21.0. The van der Waals surface area contributed by atoms with Crippen molar-refractivity contribution in [2.75, 3.05) is 24.2 Å². The Balaban J connectivity index is 1.57. The topological polar surface area (TPSA) is 91.2 Å². The monoisotopic (exact) mass is 632 g/mol. The van der Waals surface area contributed by atoms with E-state index in [1.54, 1.807) is 6.26 Å². The van der Waals surface area contributed by atoms with Crippen molar-refractivity contribution < 1.29 is 8.98 Å². The lowest BCUT2D eigenvalue weighted by molar-refractivity contribution is 0.272. The second-order valence-electron chi connectivity index (χ2n) is 13.4. The number of rotatable bonds is 11. The third-order valence-electron chi connectivity index (χ3n) is 9.07. The minimum atomic E-state index is -1.91. The normalized spacial score (nSPS) is 16.0. The van der Waals surface area contributed by atoms with Crippen LogP contribution in [-0.2, 0) is 22.4 Å². The van der Waals surface area contributed by atoms with E-state index in [4.69, 9.17) is 19.5 Å². The number of aromatic nitrogens is 4. The quantitative estimate of drug-likeness (QED) is 0.134. The van der Waals surface area contributed by atoms with Gasteiger partial charge in [0.25, 0.3) is 0 Å². The van der Waals surface area contributed by atoms with Gasteiger partial charge >= 0.3 is 0 Å². The fourth-order valence-corrected chi connectivity index (χ4v) is 7.11. The number of anilines is 1. The summed E-state index contributed by atoms with van der Waals surface area (Å²) in [7, 11) is -1.91. The second-order valence-corrected chi connectivity index (χ2v) is 19.4. The summed E-state index contributed by atoms with van der Waals surface area (Å²) in [6, 6.07) is 16.6. The number of hydrogen-bond donors (Lipinski definition) is 1. The van der Waals surface area contributed by atoms with Gasteiger partial charge in [-0.3, -0.25) is 4.98 Å². The van der Waals surface area contributed by atoms with Crippen LogP contribution in [0, 0.1) is 0 Å².